The molecule has 0 aliphatic heterocycles. The van der Waals surface area contributed by atoms with E-state index in [2.05, 4.69) is 20.8 Å². The molecule has 1 atom stereocenters. The second-order valence-electron chi connectivity index (χ2n) is 10.6. The molecule has 0 aliphatic rings. The summed E-state index contributed by atoms with van der Waals surface area (Å²) in [6, 6.07) is 21.1. The van der Waals surface area contributed by atoms with E-state index in [-0.39, 0.29) is 24.1 Å². The molecule has 0 bridgehead atoms. The average Bonchev–Trinajstić information content (AvgIpc) is 3.44. The number of thioether (sulfide) groups is 1. The molecule has 1 unspecified atom stereocenters. The van der Waals surface area contributed by atoms with E-state index in [9.17, 15) is 35.5 Å². The minimum atomic E-state index is -5.09. The summed E-state index contributed by atoms with van der Waals surface area (Å²) in [7, 11) is 0. The van der Waals surface area contributed by atoms with E-state index in [0.29, 0.717) is 28.7 Å². The van der Waals surface area contributed by atoms with Gasteiger partial charge in [-0.2, -0.15) is 26.3 Å². The smallest absolute Gasteiger partial charge is 0.327 e. The van der Waals surface area contributed by atoms with E-state index in [1.54, 1.807) is 47.0 Å². The molecule has 47 heavy (non-hydrogen) atoms. The van der Waals surface area contributed by atoms with Crippen LogP contribution in [0.5, 0.6) is 0 Å². The van der Waals surface area contributed by atoms with Gasteiger partial charge in [-0.15, -0.1) is 10.2 Å². The maximum absolute atomic E-state index is 13.5. The van der Waals surface area contributed by atoms with E-state index in [0.717, 1.165) is 16.7 Å². The van der Waals surface area contributed by atoms with Gasteiger partial charge in [-0.05, 0) is 60.5 Å². The van der Waals surface area contributed by atoms with Gasteiger partial charge in [0.25, 0.3) is 0 Å². The van der Waals surface area contributed by atoms with Crippen molar-refractivity contribution in [2.75, 3.05) is 5.32 Å². The average molecular weight is 674 g/mol. The fourth-order valence-electron chi connectivity index (χ4n) is 4.67. The number of alkyl halides is 6. The number of nitrogens with zero attached hydrogens (tertiary/aromatic N) is 3. The van der Waals surface area contributed by atoms with Gasteiger partial charge in [0.2, 0.25) is 0 Å². The van der Waals surface area contributed by atoms with Crippen LogP contribution in [-0.2, 0) is 24.5 Å². The Balaban J connectivity index is 1.51. The first-order valence-corrected chi connectivity index (χ1v) is 15.1. The third-order valence-corrected chi connectivity index (χ3v) is 7.98. The Labute approximate surface area is 269 Å². The summed E-state index contributed by atoms with van der Waals surface area (Å²) in [6.07, 6.45) is -10.0. The molecule has 244 valence electrons. The van der Waals surface area contributed by atoms with Gasteiger partial charge in [-0.3, -0.25) is 4.57 Å². The summed E-state index contributed by atoms with van der Waals surface area (Å²) >= 11 is 1.30. The Kier molecular flexibility index (Phi) is 9.89. The van der Waals surface area contributed by atoms with Gasteiger partial charge < -0.3 is 10.6 Å². The lowest BCUT2D eigenvalue weighted by Gasteiger charge is -2.21. The highest BCUT2D eigenvalue weighted by Crippen LogP contribution is 2.38. The highest BCUT2D eigenvalue weighted by Gasteiger charge is 2.37. The van der Waals surface area contributed by atoms with Crippen LogP contribution in [0.4, 0.5) is 41.2 Å². The zero-order valence-corrected chi connectivity index (χ0v) is 25.3. The molecular formula is C33H26F7N5OS. The van der Waals surface area contributed by atoms with Crippen molar-refractivity contribution in [3.8, 4) is 5.69 Å². The summed E-state index contributed by atoms with van der Waals surface area (Å²) in [5.41, 5.74) is -0.634. The molecule has 2 amide bonds. The van der Waals surface area contributed by atoms with E-state index in [1.807, 2.05) is 31.2 Å². The Hall–Kier alpha value is -4.85. The van der Waals surface area contributed by atoms with Crippen LogP contribution in [0.15, 0.2) is 102 Å². The van der Waals surface area contributed by atoms with Crippen molar-refractivity contribution in [2.24, 2.45) is 0 Å². The van der Waals surface area contributed by atoms with Gasteiger partial charge in [0.1, 0.15) is 5.82 Å². The van der Waals surface area contributed by atoms with Crippen LogP contribution in [0, 0.1) is 12.7 Å². The second kappa shape index (κ2) is 13.9. The molecule has 6 nitrogen and oxygen atoms in total. The Morgan fingerprint density at radius 3 is 2.02 bits per heavy atom. The number of anilines is 1. The number of hydrogen-bond acceptors (Lipinski definition) is 4. The van der Waals surface area contributed by atoms with Crippen molar-refractivity contribution in [3.05, 3.63) is 137 Å². The molecule has 1 heterocycles. The van der Waals surface area contributed by atoms with Crippen molar-refractivity contribution in [1.29, 1.82) is 0 Å². The quantitative estimate of drug-likeness (QED) is 0.121. The number of halogens is 7. The lowest BCUT2D eigenvalue weighted by atomic mass is 10.1. The molecule has 0 spiro atoms. The van der Waals surface area contributed by atoms with Gasteiger partial charge in [-0.1, -0.05) is 71.9 Å². The first-order valence-electron chi connectivity index (χ1n) is 14.1. The van der Waals surface area contributed by atoms with Gasteiger partial charge in [0, 0.05) is 23.5 Å². The highest BCUT2D eigenvalue weighted by molar-refractivity contribution is 7.98. The number of aromatic nitrogens is 3. The van der Waals surface area contributed by atoms with Crippen LogP contribution in [0.25, 0.3) is 5.69 Å². The molecule has 0 aliphatic carbocycles. The molecule has 5 rings (SSSR count). The lowest BCUT2D eigenvalue weighted by molar-refractivity contribution is -0.143. The fourth-order valence-corrected chi connectivity index (χ4v) is 5.59. The second-order valence-corrected chi connectivity index (χ2v) is 11.5. The van der Waals surface area contributed by atoms with Crippen molar-refractivity contribution >= 4 is 23.5 Å². The Morgan fingerprint density at radius 2 is 1.43 bits per heavy atom. The normalized spacial score (nSPS) is 12.5. The van der Waals surface area contributed by atoms with Crippen LogP contribution >= 0.6 is 11.8 Å². The minimum absolute atomic E-state index is 0.0174. The van der Waals surface area contributed by atoms with Crippen LogP contribution < -0.4 is 10.6 Å². The summed E-state index contributed by atoms with van der Waals surface area (Å²) in [5, 5.41) is 14.0. The third kappa shape index (κ3) is 8.70. The number of nitrogens with one attached hydrogen (secondary N) is 2. The zero-order valence-electron chi connectivity index (χ0n) is 24.5. The molecule has 0 saturated carbocycles. The van der Waals surface area contributed by atoms with Crippen molar-refractivity contribution in [1.82, 2.24) is 20.1 Å². The van der Waals surface area contributed by atoms with Crippen LogP contribution in [0.3, 0.4) is 0 Å². The fraction of sp³-hybridized carbons (Fsp3) is 0.182. The van der Waals surface area contributed by atoms with Crippen molar-refractivity contribution in [3.63, 3.8) is 0 Å². The molecule has 14 heteroatoms. The maximum Gasteiger partial charge on any atom is 0.416 e. The van der Waals surface area contributed by atoms with Crippen LogP contribution in [0.1, 0.15) is 39.7 Å². The Bertz CT molecular complexity index is 1790. The predicted octanol–water partition coefficient (Wildman–Crippen LogP) is 9.15. The maximum atomic E-state index is 13.5. The predicted molar refractivity (Wildman–Crippen MR) is 164 cm³/mol. The summed E-state index contributed by atoms with van der Waals surface area (Å²) < 4.78 is 95.8. The topological polar surface area (TPSA) is 71.8 Å². The molecule has 5 aromatic rings. The molecule has 0 fully saturated rings. The number of aryl methyl sites for hydroxylation is 1. The third-order valence-electron chi connectivity index (χ3n) is 6.98. The zero-order chi connectivity index (χ0) is 33.8. The van der Waals surface area contributed by atoms with E-state index >= 15 is 0 Å². The van der Waals surface area contributed by atoms with Crippen LogP contribution in [0.2, 0.25) is 0 Å². The summed E-state index contributed by atoms with van der Waals surface area (Å²) in [6.45, 7) is 1.91. The van der Waals surface area contributed by atoms with E-state index in [4.69, 9.17) is 0 Å². The monoisotopic (exact) mass is 673 g/mol. The largest absolute Gasteiger partial charge is 0.416 e. The SMILES string of the molecule is Cc1ccc(-n2c(SCc3ccc(F)cc3)nnc2C(Cc2ccccc2)NC(=O)Nc2cc(C(F)(F)F)cc(C(F)(F)F)c2)cc1. The molecule has 0 saturated heterocycles. The van der Waals surface area contributed by atoms with E-state index < -0.39 is 41.2 Å². The van der Waals surface area contributed by atoms with Crippen molar-refractivity contribution in [2.45, 2.75) is 42.6 Å². The highest BCUT2D eigenvalue weighted by atomic mass is 32.2. The number of amides is 2. The molecular weight excluding hydrogens is 647 g/mol. The Morgan fingerprint density at radius 1 is 0.809 bits per heavy atom. The first kappa shape index (κ1) is 33.5. The van der Waals surface area contributed by atoms with Gasteiger partial charge in [-0.25, -0.2) is 9.18 Å². The molecule has 4 aromatic carbocycles. The van der Waals surface area contributed by atoms with Gasteiger partial charge in [0.15, 0.2) is 11.0 Å². The standard InChI is InChI=1S/C33H26F7N5OS/c1-20-7-13-27(14-8-20)45-29(43-44-31(45)47-19-22-9-11-25(34)12-10-22)28(15-21-5-3-2-4-6-21)42-30(46)41-26-17-23(32(35,36)37)16-24(18-26)33(38,39)40/h2-14,16-18,28H,15,19H2,1H3,(H2,41,42,46). The minimum Gasteiger partial charge on any atom is -0.327 e. The number of benzene rings is 4. The van der Waals surface area contributed by atoms with E-state index in [1.165, 1.54) is 23.9 Å². The van der Waals surface area contributed by atoms with Crippen LogP contribution in [-0.4, -0.2) is 20.8 Å². The first-order chi connectivity index (χ1) is 22.3. The van der Waals surface area contributed by atoms with Crippen molar-refractivity contribution < 1.29 is 35.5 Å². The number of rotatable bonds is 9. The number of carbonyl (C=O) groups is 1. The number of carbonyl (C=O) groups excluding carboxylic acids is 1. The summed E-state index contributed by atoms with van der Waals surface area (Å²) in [4.78, 5) is 13.3. The lowest BCUT2D eigenvalue weighted by Crippen LogP contribution is -2.35. The molecule has 2 N–H and O–H groups in total. The molecule has 0 radical (unpaired) electrons. The number of hydrogen-bond donors (Lipinski definition) is 2. The molecule has 1 aromatic heterocycles. The summed E-state index contributed by atoms with van der Waals surface area (Å²) in [5.74, 6) is 0.282. The number of urea groups is 1. The van der Waals surface area contributed by atoms with Gasteiger partial charge in [0.05, 0.1) is 17.2 Å². The van der Waals surface area contributed by atoms with Gasteiger partial charge >= 0.3 is 18.4 Å².